The van der Waals surface area contributed by atoms with Gasteiger partial charge >= 0.3 is 0 Å². The predicted molar refractivity (Wildman–Crippen MR) is 65.9 cm³/mol. The van der Waals surface area contributed by atoms with Crippen LogP contribution >= 0.6 is 0 Å². The van der Waals surface area contributed by atoms with E-state index in [1.807, 2.05) is 6.20 Å². The molecule has 2 unspecified atom stereocenters. The Labute approximate surface area is 97.4 Å². The number of aryl methyl sites for hydroxylation is 2. The summed E-state index contributed by atoms with van der Waals surface area (Å²) in [5.74, 6) is 1.07. The van der Waals surface area contributed by atoms with Gasteiger partial charge in [0, 0.05) is 19.3 Å². The van der Waals surface area contributed by atoms with Crippen LogP contribution in [0.4, 0.5) is 5.82 Å². The van der Waals surface area contributed by atoms with Crippen LogP contribution in [0.25, 0.3) is 0 Å². The number of hydrogen-bond acceptors (Lipinski definition) is 3. The average Bonchev–Trinajstić information content (AvgIpc) is 2.20. The maximum Gasteiger partial charge on any atom is 0.128 e. The molecule has 0 amide bonds. The fraction of sp³-hybridized carbons (Fsp3) is 0.615. The van der Waals surface area contributed by atoms with Crippen LogP contribution in [-0.4, -0.2) is 30.3 Å². The molecular formula is C13H20N2O. The lowest BCUT2D eigenvalue weighted by atomic mass is 10.1. The minimum atomic E-state index is 0.284. The van der Waals surface area contributed by atoms with Crippen LogP contribution in [0.3, 0.4) is 0 Å². The van der Waals surface area contributed by atoms with Crippen molar-refractivity contribution in [2.24, 2.45) is 0 Å². The third-order valence-corrected chi connectivity index (χ3v) is 3.10. The van der Waals surface area contributed by atoms with E-state index in [0.29, 0.717) is 0 Å². The molecule has 16 heavy (non-hydrogen) atoms. The molecule has 1 aliphatic heterocycles. The van der Waals surface area contributed by atoms with E-state index in [1.54, 1.807) is 0 Å². The molecule has 0 aromatic carbocycles. The van der Waals surface area contributed by atoms with E-state index in [4.69, 9.17) is 4.74 Å². The number of pyridine rings is 1. The Morgan fingerprint density at radius 1 is 1.19 bits per heavy atom. The molecule has 1 aliphatic rings. The lowest BCUT2D eigenvalue weighted by Crippen LogP contribution is -2.45. The van der Waals surface area contributed by atoms with Crippen LogP contribution in [0.2, 0.25) is 0 Å². The molecule has 3 heteroatoms. The quantitative estimate of drug-likeness (QED) is 0.726. The van der Waals surface area contributed by atoms with Crippen molar-refractivity contribution in [3.63, 3.8) is 0 Å². The third-order valence-electron chi connectivity index (χ3n) is 3.10. The molecule has 0 spiro atoms. The molecule has 1 aromatic rings. The topological polar surface area (TPSA) is 25.4 Å². The van der Waals surface area contributed by atoms with E-state index in [1.165, 1.54) is 11.1 Å². The third kappa shape index (κ3) is 2.35. The normalized spacial score (nSPS) is 25.9. The highest BCUT2D eigenvalue weighted by atomic mass is 16.5. The summed E-state index contributed by atoms with van der Waals surface area (Å²) in [7, 11) is 0. The van der Waals surface area contributed by atoms with Gasteiger partial charge < -0.3 is 9.64 Å². The van der Waals surface area contributed by atoms with Gasteiger partial charge in [0.2, 0.25) is 0 Å². The van der Waals surface area contributed by atoms with Gasteiger partial charge in [0.1, 0.15) is 5.82 Å². The second-order valence-corrected chi connectivity index (χ2v) is 4.79. The first-order chi connectivity index (χ1) is 7.56. The minimum absolute atomic E-state index is 0.284. The molecule has 88 valence electrons. The lowest BCUT2D eigenvalue weighted by Gasteiger charge is -2.36. The zero-order chi connectivity index (χ0) is 11.7. The SMILES string of the molecule is Cc1cnc(N2CC(C)OC(C)C2)cc1C. The van der Waals surface area contributed by atoms with E-state index >= 15 is 0 Å². The summed E-state index contributed by atoms with van der Waals surface area (Å²) in [6, 6.07) is 2.17. The fourth-order valence-corrected chi connectivity index (χ4v) is 2.15. The van der Waals surface area contributed by atoms with Crippen molar-refractivity contribution in [1.29, 1.82) is 0 Å². The Bertz CT molecular complexity index is 368. The Hall–Kier alpha value is -1.09. The monoisotopic (exact) mass is 220 g/mol. The molecule has 0 radical (unpaired) electrons. The van der Waals surface area contributed by atoms with Gasteiger partial charge in [0.15, 0.2) is 0 Å². The van der Waals surface area contributed by atoms with Gasteiger partial charge in [-0.25, -0.2) is 4.98 Å². The second-order valence-electron chi connectivity index (χ2n) is 4.79. The van der Waals surface area contributed by atoms with Crippen LogP contribution in [0.1, 0.15) is 25.0 Å². The van der Waals surface area contributed by atoms with Crippen molar-refractivity contribution >= 4 is 5.82 Å². The van der Waals surface area contributed by atoms with Gasteiger partial charge in [-0.15, -0.1) is 0 Å². The summed E-state index contributed by atoms with van der Waals surface area (Å²) in [5, 5.41) is 0. The molecule has 0 bridgehead atoms. The van der Waals surface area contributed by atoms with Gasteiger partial charge in [-0.05, 0) is 44.9 Å². The minimum Gasteiger partial charge on any atom is -0.372 e. The van der Waals surface area contributed by atoms with E-state index in [-0.39, 0.29) is 12.2 Å². The highest BCUT2D eigenvalue weighted by Gasteiger charge is 2.23. The Morgan fingerprint density at radius 2 is 1.81 bits per heavy atom. The van der Waals surface area contributed by atoms with E-state index in [2.05, 4.69) is 43.6 Å². The molecule has 0 N–H and O–H groups in total. The van der Waals surface area contributed by atoms with E-state index in [9.17, 15) is 0 Å². The Morgan fingerprint density at radius 3 is 2.38 bits per heavy atom. The predicted octanol–water partition coefficient (Wildman–Crippen LogP) is 2.31. The molecule has 1 aromatic heterocycles. The Kier molecular flexibility index (Phi) is 3.15. The molecule has 2 atom stereocenters. The first-order valence-electron chi connectivity index (χ1n) is 5.90. The summed E-state index contributed by atoms with van der Waals surface area (Å²) in [5.41, 5.74) is 2.55. The number of ether oxygens (including phenoxy) is 1. The Balaban J connectivity index is 2.19. The van der Waals surface area contributed by atoms with Crippen molar-refractivity contribution in [3.8, 4) is 0 Å². The molecular weight excluding hydrogens is 200 g/mol. The number of aromatic nitrogens is 1. The van der Waals surface area contributed by atoms with Crippen LogP contribution < -0.4 is 4.90 Å². The number of morpholine rings is 1. The van der Waals surface area contributed by atoms with Crippen LogP contribution in [0, 0.1) is 13.8 Å². The number of rotatable bonds is 1. The summed E-state index contributed by atoms with van der Waals surface area (Å²) in [4.78, 5) is 6.81. The fourth-order valence-electron chi connectivity index (χ4n) is 2.15. The van der Waals surface area contributed by atoms with Crippen LogP contribution in [0.15, 0.2) is 12.3 Å². The molecule has 0 aliphatic carbocycles. The van der Waals surface area contributed by atoms with Gasteiger partial charge in [0.05, 0.1) is 12.2 Å². The van der Waals surface area contributed by atoms with Crippen molar-refractivity contribution < 1.29 is 4.74 Å². The standard InChI is InChI=1S/C13H20N2O/c1-9-5-13(14-6-10(9)2)15-7-11(3)16-12(4)8-15/h5-6,11-12H,7-8H2,1-4H3. The maximum atomic E-state index is 5.72. The van der Waals surface area contributed by atoms with Crippen molar-refractivity contribution in [2.75, 3.05) is 18.0 Å². The highest BCUT2D eigenvalue weighted by molar-refractivity contribution is 5.43. The van der Waals surface area contributed by atoms with Crippen molar-refractivity contribution in [3.05, 3.63) is 23.4 Å². The molecule has 3 nitrogen and oxygen atoms in total. The molecule has 2 heterocycles. The number of hydrogen-bond donors (Lipinski definition) is 0. The largest absolute Gasteiger partial charge is 0.372 e. The average molecular weight is 220 g/mol. The second kappa shape index (κ2) is 4.42. The van der Waals surface area contributed by atoms with Crippen LogP contribution in [0.5, 0.6) is 0 Å². The first-order valence-corrected chi connectivity index (χ1v) is 5.90. The summed E-state index contributed by atoms with van der Waals surface area (Å²) >= 11 is 0. The molecule has 1 fully saturated rings. The number of nitrogens with zero attached hydrogens (tertiary/aromatic N) is 2. The van der Waals surface area contributed by atoms with Gasteiger partial charge in [-0.3, -0.25) is 0 Å². The zero-order valence-corrected chi connectivity index (χ0v) is 10.5. The van der Waals surface area contributed by atoms with Crippen molar-refractivity contribution in [1.82, 2.24) is 4.98 Å². The number of anilines is 1. The van der Waals surface area contributed by atoms with Gasteiger partial charge in [-0.2, -0.15) is 0 Å². The zero-order valence-electron chi connectivity index (χ0n) is 10.5. The first kappa shape index (κ1) is 11.4. The maximum absolute atomic E-state index is 5.72. The molecule has 0 saturated carbocycles. The van der Waals surface area contributed by atoms with Gasteiger partial charge in [0.25, 0.3) is 0 Å². The van der Waals surface area contributed by atoms with E-state index in [0.717, 1.165) is 18.9 Å². The smallest absolute Gasteiger partial charge is 0.128 e. The summed E-state index contributed by atoms with van der Waals surface area (Å²) in [6.07, 6.45) is 2.52. The van der Waals surface area contributed by atoms with Gasteiger partial charge in [-0.1, -0.05) is 0 Å². The molecule has 1 saturated heterocycles. The summed E-state index contributed by atoms with van der Waals surface area (Å²) in [6.45, 7) is 10.3. The van der Waals surface area contributed by atoms with E-state index < -0.39 is 0 Å². The van der Waals surface area contributed by atoms with Crippen molar-refractivity contribution in [2.45, 2.75) is 39.9 Å². The lowest BCUT2D eigenvalue weighted by molar-refractivity contribution is -0.00546. The van der Waals surface area contributed by atoms with Crippen LogP contribution in [-0.2, 0) is 4.74 Å². The summed E-state index contributed by atoms with van der Waals surface area (Å²) < 4.78 is 5.72. The highest BCUT2D eigenvalue weighted by Crippen LogP contribution is 2.20. The molecule has 2 rings (SSSR count).